The third kappa shape index (κ3) is 2.51. The van der Waals surface area contributed by atoms with Crippen LogP contribution in [-0.4, -0.2) is 22.9 Å². The molecule has 0 bridgehead atoms. The van der Waals surface area contributed by atoms with Crippen molar-refractivity contribution in [1.82, 2.24) is 4.90 Å². The third-order valence-corrected chi connectivity index (χ3v) is 2.92. The Morgan fingerprint density at radius 1 is 1.44 bits per heavy atom. The Morgan fingerprint density at radius 2 is 2.17 bits per heavy atom. The first-order valence-corrected chi connectivity index (χ1v) is 5.81. The highest BCUT2D eigenvalue weighted by Gasteiger charge is 2.20. The Bertz CT molecular complexity index is 507. The van der Waals surface area contributed by atoms with Crippen LogP contribution < -0.4 is 0 Å². The Kier molecular flexibility index (Phi) is 3.63. The summed E-state index contributed by atoms with van der Waals surface area (Å²) >= 11 is 0. The topological polar surface area (TPSA) is 83.3 Å². The van der Waals surface area contributed by atoms with Crippen LogP contribution in [0, 0.1) is 21.4 Å². The molecule has 1 saturated heterocycles. The first-order valence-electron chi connectivity index (χ1n) is 5.81. The predicted octanol–water partition coefficient (Wildman–Crippen LogP) is 2.54. The van der Waals surface area contributed by atoms with Crippen LogP contribution in [0.1, 0.15) is 25.0 Å². The van der Waals surface area contributed by atoms with Gasteiger partial charge in [0.2, 0.25) is 0 Å². The molecule has 1 aromatic rings. The van der Waals surface area contributed by atoms with Crippen LogP contribution in [0.5, 0.6) is 0 Å². The molecule has 0 unspecified atom stereocenters. The monoisotopic (exact) mass is 247 g/mol. The van der Waals surface area contributed by atoms with Crippen molar-refractivity contribution in [3.8, 4) is 6.07 Å². The van der Waals surface area contributed by atoms with E-state index in [4.69, 9.17) is 9.68 Å². The van der Waals surface area contributed by atoms with Gasteiger partial charge in [0.25, 0.3) is 0 Å². The highest BCUT2D eigenvalue weighted by molar-refractivity contribution is 5.63. The van der Waals surface area contributed by atoms with Crippen LogP contribution in [0.3, 0.4) is 0 Å². The number of furan rings is 1. The molecule has 2 rings (SSSR count). The molecule has 0 aliphatic carbocycles. The van der Waals surface area contributed by atoms with E-state index < -0.39 is 4.92 Å². The number of nitriles is 1. The van der Waals surface area contributed by atoms with E-state index in [2.05, 4.69) is 0 Å². The Hall–Kier alpha value is -2.29. The Balaban J connectivity index is 2.26. The van der Waals surface area contributed by atoms with E-state index >= 15 is 0 Å². The van der Waals surface area contributed by atoms with Crippen LogP contribution in [0.25, 0.3) is 5.70 Å². The molecule has 0 N–H and O–H groups in total. The zero-order valence-electron chi connectivity index (χ0n) is 9.83. The third-order valence-electron chi connectivity index (χ3n) is 2.92. The lowest BCUT2D eigenvalue weighted by Crippen LogP contribution is -2.28. The largest absolute Gasteiger partial charge is 0.433 e. The second-order valence-corrected chi connectivity index (χ2v) is 4.10. The van der Waals surface area contributed by atoms with E-state index in [-0.39, 0.29) is 5.88 Å². The molecule has 0 atom stereocenters. The number of nitro groups is 1. The average molecular weight is 247 g/mol. The van der Waals surface area contributed by atoms with Crippen LogP contribution >= 0.6 is 0 Å². The minimum atomic E-state index is -0.580. The minimum absolute atomic E-state index is 0.300. The van der Waals surface area contributed by atoms with Gasteiger partial charge < -0.3 is 9.32 Å². The van der Waals surface area contributed by atoms with Crippen LogP contribution in [-0.2, 0) is 0 Å². The molecule has 0 aromatic carbocycles. The smallest absolute Gasteiger partial charge is 0.399 e. The average Bonchev–Trinajstić information content (AvgIpc) is 2.86. The summed E-state index contributed by atoms with van der Waals surface area (Å²) in [6.45, 7) is 1.70. The predicted molar refractivity (Wildman–Crippen MR) is 64.4 cm³/mol. The maximum absolute atomic E-state index is 10.6. The molecule has 0 saturated carbocycles. The van der Waals surface area contributed by atoms with E-state index in [0.717, 1.165) is 25.9 Å². The maximum atomic E-state index is 10.6. The molecule has 1 aliphatic heterocycles. The normalized spacial score (nSPS) is 16.4. The minimum Gasteiger partial charge on any atom is -0.399 e. The summed E-state index contributed by atoms with van der Waals surface area (Å²) in [5, 5.41) is 19.4. The highest BCUT2D eigenvalue weighted by Crippen LogP contribution is 2.27. The van der Waals surface area contributed by atoms with Gasteiger partial charge in [0.1, 0.15) is 4.92 Å². The summed E-state index contributed by atoms with van der Waals surface area (Å²) in [5.74, 6) is 0.0796. The van der Waals surface area contributed by atoms with Crippen LogP contribution in [0.15, 0.2) is 22.6 Å². The van der Waals surface area contributed by atoms with Crippen molar-refractivity contribution in [2.24, 2.45) is 0 Å². The molecule has 0 spiro atoms. The standard InChI is InChI=1S/C12H13N3O3/c13-7-6-10(14-8-2-1-3-9-14)11-4-5-12(18-11)15(16)17/h4-6H,1-3,8-9H2/b10-6+. The lowest BCUT2D eigenvalue weighted by molar-refractivity contribution is -0.402. The summed E-state index contributed by atoms with van der Waals surface area (Å²) in [4.78, 5) is 12.0. The quantitative estimate of drug-likeness (QED) is 0.465. The van der Waals surface area contributed by atoms with Crippen molar-refractivity contribution in [2.75, 3.05) is 13.1 Å². The second kappa shape index (κ2) is 5.36. The van der Waals surface area contributed by atoms with E-state index in [1.54, 1.807) is 0 Å². The number of likely N-dealkylation sites (tertiary alicyclic amines) is 1. The molecule has 0 radical (unpaired) electrons. The zero-order valence-corrected chi connectivity index (χ0v) is 9.83. The lowest BCUT2D eigenvalue weighted by Gasteiger charge is -2.29. The molecule has 2 heterocycles. The van der Waals surface area contributed by atoms with Gasteiger partial charge in [-0.3, -0.25) is 10.1 Å². The molecule has 18 heavy (non-hydrogen) atoms. The van der Waals surface area contributed by atoms with Crippen LogP contribution in [0.4, 0.5) is 5.88 Å². The van der Waals surface area contributed by atoms with Gasteiger partial charge in [0.15, 0.2) is 5.76 Å². The molecular formula is C12H13N3O3. The number of piperidine rings is 1. The van der Waals surface area contributed by atoms with E-state index in [9.17, 15) is 10.1 Å². The number of allylic oxidation sites excluding steroid dienone is 1. The molecule has 6 nitrogen and oxygen atoms in total. The van der Waals surface area contributed by atoms with Crippen molar-refractivity contribution in [2.45, 2.75) is 19.3 Å². The molecular weight excluding hydrogens is 234 g/mol. The van der Waals surface area contributed by atoms with Gasteiger partial charge in [-0.05, 0) is 25.3 Å². The summed E-state index contributed by atoms with van der Waals surface area (Å²) in [7, 11) is 0. The molecule has 0 amide bonds. The fourth-order valence-electron chi connectivity index (χ4n) is 2.08. The molecule has 94 valence electrons. The fraction of sp³-hybridized carbons (Fsp3) is 0.417. The van der Waals surface area contributed by atoms with E-state index in [0.29, 0.717) is 11.5 Å². The van der Waals surface area contributed by atoms with Gasteiger partial charge in [0, 0.05) is 19.2 Å². The SMILES string of the molecule is N#C/C=C(\c1ccc([N+](=O)[O-])o1)N1CCCCC1. The first-order chi connectivity index (χ1) is 8.72. The van der Waals surface area contributed by atoms with Gasteiger partial charge >= 0.3 is 5.88 Å². The van der Waals surface area contributed by atoms with Gasteiger partial charge in [0.05, 0.1) is 17.8 Å². The number of nitrogens with zero attached hydrogens (tertiary/aromatic N) is 3. The number of rotatable bonds is 3. The number of hydrogen-bond acceptors (Lipinski definition) is 5. The fourth-order valence-corrected chi connectivity index (χ4v) is 2.08. The number of hydrogen-bond donors (Lipinski definition) is 0. The van der Waals surface area contributed by atoms with Crippen molar-refractivity contribution in [1.29, 1.82) is 5.26 Å². The van der Waals surface area contributed by atoms with Gasteiger partial charge in [-0.25, -0.2) is 0 Å². The summed E-state index contributed by atoms with van der Waals surface area (Å²) in [6, 6.07) is 4.82. The molecule has 1 fully saturated rings. The van der Waals surface area contributed by atoms with Crippen molar-refractivity contribution >= 4 is 11.6 Å². The lowest BCUT2D eigenvalue weighted by atomic mass is 10.1. The molecule has 1 aliphatic rings. The summed E-state index contributed by atoms with van der Waals surface area (Å²) in [5.41, 5.74) is 0.630. The molecule has 1 aromatic heterocycles. The van der Waals surface area contributed by atoms with Gasteiger partial charge in [-0.15, -0.1) is 0 Å². The summed E-state index contributed by atoms with van der Waals surface area (Å²) < 4.78 is 5.15. The molecule has 6 heteroatoms. The van der Waals surface area contributed by atoms with Gasteiger partial charge in [-0.1, -0.05) is 0 Å². The highest BCUT2D eigenvalue weighted by atomic mass is 16.6. The maximum Gasteiger partial charge on any atom is 0.433 e. The van der Waals surface area contributed by atoms with Crippen molar-refractivity contribution < 1.29 is 9.34 Å². The Morgan fingerprint density at radius 3 is 2.72 bits per heavy atom. The van der Waals surface area contributed by atoms with E-state index in [1.165, 1.54) is 24.6 Å². The van der Waals surface area contributed by atoms with Gasteiger partial charge in [-0.2, -0.15) is 5.26 Å². The summed E-state index contributed by atoms with van der Waals surface area (Å²) in [6.07, 6.45) is 4.68. The zero-order chi connectivity index (χ0) is 13.0. The van der Waals surface area contributed by atoms with E-state index in [1.807, 2.05) is 11.0 Å². The second-order valence-electron chi connectivity index (χ2n) is 4.10. The first kappa shape index (κ1) is 12.2. The Labute approximate surface area is 104 Å². The van der Waals surface area contributed by atoms with Crippen LogP contribution in [0.2, 0.25) is 0 Å². The van der Waals surface area contributed by atoms with Crippen molar-refractivity contribution in [3.05, 3.63) is 34.1 Å². The van der Waals surface area contributed by atoms with Crippen molar-refractivity contribution in [3.63, 3.8) is 0 Å².